The Kier molecular flexibility index (Phi) is 2.42. The number of halogens is 1. The zero-order chi connectivity index (χ0) is 6.69. The van der Waals surface area contributed by atoms with E-state index in [1.54, 1.807) is 7.11 Å². The standard InChI is InChI=1S/C6H8BrNO/c1-9-5-2-3-6(7)8-4-5/h2-3,5H,4H2,1H3. The summed E-state index contributed by atoms with van der Waals surface area (Å²) in [7, 11) is 1.68. The van der Waals surface area contributed by atoms with E-state index in [1.807, 2.05) is 12.2 Å². The Bertz CT molecular complexity index is 153. The van der Waals surface area contributed by atoms with E-state index in [1.165, 1.54) is 0 Å². The number of rotatable bonds is 1. The first-order valence-electron chi connectivity index (χ1n) is 2.74. The van der Waals surface area contributed by atoms with Gasteiger partial charge in [0.05, 0.1) is 17.3 Å². The Morgan fingerprint density at radius 3 is 3.11 bits per heavy atom. The lowest BCUT2D eigenvalue weighted by atomic mass is 10.3. The Morgan fingerprint density at radius 1 is 1.89 bits per heavy atom. The smallest absolute Gasteiger partial charge is 0.0999 e. The average Bonchev–Trinajstić information content (AvgIpc) is 1.90. The van der Waals surface area contributed by atoms with Crippen molar-refractivity contribution in [3.63, 3.8) is 0 Å². The summed E-state index contributed by atoms with van der Waals surface area (Å²) in [6.07, 6.45) is 4.06. The van der Waals surface area contributed by atoms with Crippen molar-refractivity contribution in [2.24, 2.45) is 4.99 Å². The van der Waals surface area contributed by atoms with Gasteiger partial charge in [0.2, 0.25) is 0 Å². The van der Waals surface area contributed by atoms with Gasteiger partial charge in [0.1, 0.15) is 0 Å². The summed E-state index contributed by atoms with van der Waals surface area (Å²) in [6.45, 7) is 0.730. The molecule has 0 saturated heterocycles. The summed E-state index contributed by atoms with van der Waals surface area (Å²) in [5, 5.41) is 0. The highest BCUT2D eigenvalue weighted by atomic mass is 79.9. The van der Waals surface area contributed by atoms with E-state index in [2.05, 4.69) is 20.9 Å². The van der Waals surface area contributed by atoms with E-state index in [-0.39, 0.29) is 6.10 Å². The lowest BCUT2D eigenvalue weighted by Gasteiger charge is -2.10. The van der Waals surface area contributed by atoms with Gasteiger partial charge < -0.3 is 4.74 Å². The maximum Gasteiger partial charge on any atom is 0.0999 e. The molecule has 50 valence electrons. The number of dihydropyridines is 1. The molecule has 2 nitrogen and oxygen atoms in total. The van der Waals surface area contributed by atoms with Crippen LogP contribution in [-0.2, 0) is 4.74 Å². The van der Waals surface area contributed by atoms with Gasteiger partial charge >= 0.3 is 0 Å². The van der Waals surface area contributed by atoms with E-state index >= 15 is 0 Å². The molecule has 1 aliphatic heterocycles. The van der Waals surface area contributed by atoms with Gasteiger partial charge in [-0.2, -0.15) is 0 Å². The minimum atomic E-state index is 0.172. The lowest BCUT2D eigenvalue weighted by Crippen LogP contribution is -2.14. The van der Waals surface area contributed by atoms with Gasteiger partial charge in [-0.3, -0.25) is 4.99 Å². The molecule has 0 aromatic carbocycles. The zero-order valence-electron chi connectivity index (χ0n) is 5.17. The van der Waals surface area contributed by atoms with Gasteiger partial charge in [0, 0.05) is 7.11 Å². The molecule has 0 amide bonds. The molecule has 9 heavy (non-hydrogen) atoms. The third-order valence-corrected chi connectivity index (χ3v) is 1.69. The van der Waals surface area contributed by atoms with Crippen molar-refractivity contribution in [2.75, 3.05) is 13.7 Å². The van der Waals surface area contributed by atoms with Crippen LogP contribution in [0.2, 0.25) is 0 Å². The van der Waals surface area contributed by atoms with Crippen molar-refractivity contribution in [1.29, 1.82) is 0 Å². The monoisotopic (exact) mass is 189 g/mol. The summed E-state index contributed by atoms with van der Waals surface area (Å²) in [5.74, 6) is 0. The third-order valence-electron chi connectivity index (χ3n) is 1.17. The van der Waals surface area contributed by atoms with Crippen LogP contribution in [0.25, 0.3) is 0 Å². The summed E-state index contributed by atoms with van der Waals surface area (Å²) in [6, 6.07) is 0. The molecule has 0 radical (unpaired) electrons. The van der Waals surface area contributed by atoms with Crippen LogP contribution < -0.4 is 0 Å². The number of hydrogen-bond acceptors (Lipinski definition) is 2. The minimum absolute atomic E-state index is 0.172. The number of ether oxygens (including phenoxy) is 1. The van der Waals surface area contributed by atoms with Crippen molar-refractivity contribution in [3.05, 3.63) is 12.2 Å². The average molecular weight is 190 g/mol. The van der Waals surface area contributed by atoms with Crippen LogP contribution in [0.4, 0.5) is 0 Å². The van der Waals surface area contributed by atoms with Gasteiger partial charge in [-0.25, -0.2) is 0 Å². The largest absolute Gasteiger partial charge is 0.375 e. The highest BCUT2D eigenvalue weighted by Crippen LogP contribution is 2.04. The molecule has 0 bridgehead atoms. The third kappa shape index (κ3) is 1.91. The number of aliphatic imine (C=N–C) groups is 1. The molecular weight excluding hydrogens is 182 g/mol. The maximum atomic E-state index is 5.02. The van der Waals surface area contributed by atoms with Crippen molar-refractivity contribution in [3.8, 4) is 0 Å². The molecule has 1 heterocycles. The molecule has 1 unspecified atom stereocenters. The molecule has 1 atom stereocenters. The van der Waals surface area contributed by atoms with Crippen LogP contribution in [0.1, 0.15) is 0 Å². The highest BCUT2D eigenvalue weighted by Gasteiger charge is 2.04. The first kappa shape index (κ1) is 6.96. The fourth-order valence-electron chi connectivity index (χ4n) is 0.631. The van der Waals surface area contributed by atoms with Gasteiger partial charge in [-0.1, -0.05) is 6.08 Å². The van der Waals surface area contributed by atoms with Gasteiger partial charge in [-0.05, 0) is 22.0 Å². The second-order valence-electron chi connectivity index (χ2n) is 1.80. The van der Waals surface area contributed by atoms with Crippen LogP contribution in [0, 0.1) is 0 Å². The molecule has 1 aliphatic rings. The molecule has 0 N–H and O–H groups in total. The van der Waals surface area contributed by atoms with Crippen LogP contribution in [0.15, 0.2) is 17.1 Å². The Hall–Kier alpha value is -0.150. The Labute approximate surface area is 62.7 Å². The minimum Gasteiger partial charge on any atom is -0.375 e. The van der Waals surface area contributed by atoms with Crippen LogP contribution in [-0.4, -0.2) is 24.4 Å². The second-order valence-corrected chi connectivity index (χ2v) is 2.61. The molecule has 0 aromatic rings. The molecule has 0 aliphatic carbocycles. The quantitative estimate of drug-likeness (QED) is 0.611. The van der Waals surface area contributed by atoms with Gasteiger partial charge in [-0.15, -0.1) is 0 Å². The summed E-state index contributed by atoms with van der Waals surface area (Å²) in [5.41, 5.74) is 0. The van der Waals surface area contributed by atoms with Crippen molar-refractivity contribution in [2.45, 2.75) is 6.10 Å². The second kappa shape index (κ2) is 3.13. The lowest BCUT2D eigenvalue weighted by molar-refractivity contribution is 0.147. The first-order chi connectivity index (χ1) is 4.33. The van der Waals surface area contributed by atoms with Crippen molar-refractivity contribution < 1.29 is 4.74 Å². The summed E-state index contributed by atoms with van der Waals surface area (Å²) in [4.78, 5) is 4.10. The van der Waals surface area contributed by atoms with E-state index < -0.39 is 0 Å². The van der Waals surface area contributed by atoms with Crippen LogP contribution in [0.5, 0.6) is 0 Å². The van der Waals surface area contributed by atoms with E-state index in [0.717, 1.165) is 11.2 Å². The van der Waals surface area contributed by atoms with Crippen molar-refractivity contribution in [1.82, 2.24) is 0 Å². The number of nitrogens with zero attached hydrogens (tertiary/aromatic N) is 1. The summed E-state index contributed by atoms with van der Waals surface area (Å²) >= 11 is 3.25. The Morgan fingerprint density at radius 2 is 2.67 bits per heavy atom. The SMILES string of the molecule is COC1C=CC(Br)=NC1. The normalized spacial score (nSPS) is 26.0. The van der Waals surface area contributed by atoms with E-state index in [4.69, 9.17) is 4.74 Å². The predicted molar refractivity (Wildman–Crippen MR) is 41.2 cm³/mol. The topological polar surface area (TPSA) is 21.6 Å². The molecule has 0 spiro atoms. The van der Waals surface area contributed by atoms with Crippen LogP contribution >= 0.6 is 15.9 Å². The maximum absolute atomic E-state index is 5.02. The van der Waals surface area contributed by atoms with Gasteiger partial charge in [0.25, 0.3) is 0 Å². The van der Waals surface area contributed by atoms with E-state index in [0.29, 0.717) is 0 Å². The van der Waals surface area contributed by atoms with Crippen molar-refractivity contribution >= 4 is 20.6 Å². The van der Waals surface area contributed by atoms with E-state index in [9.17, 15) is 0 Å². The predicted octanol–water partition coefficient (Wildman–Crippen LogP) is 1.36. The van der Waals surface area contributed by atoms with Crippen LogP contribution in [0.3, 0.4) is 0 Å². The Balaban J connectivity index is 2.48. The molecule has 0 fully saturated rings. The fraction of sp³-hybridized carbons (Fsp3) is 0.500. The molecule has 3 heteroatoms. The summed E-state index contributed by atoms with van der Waals surface area (Å²) < 4.78 is 5.92. The fourth-order valence-corrected chi connectivity index (χ4v) is 0.928. The molecule has 0 aromatic heterocycles. The molecule has 0 saturated carbocycles. The number of hydrogen-bond donors (Lipinski definition) is 0. The molecule has 1 rings (SSSR count). The number of methoxy groups -OCH3 is 1. The van der Waals surface area contributed by atoms with Gasteiger partial charge in [0.15, 0.2) is 0 Å². The molecular formula is C6H8BrNO. The zero-order valence-corrected chi connectivity index (χ0v) is 6.76. The number of allylic oxidation sites excluding steroid dienone is 1. The highest BCUT2D eigenvalue weighted by molar-refractivity contribution is 9.18. The first-order valence-corrected chi connectivity index (χ1v) is 3.53.